The van der Waals surface area contributed by atoms with Gasteiger partial charge in [-0.15, -0.1) is 0 Å². The summed E-state index contributed by atoms with van der Waals surface area (Å²) in [6.07, 6.45) is 0. The zero-order valence-corrected chi connectivity index (χ0v) is 8.51. The summed E-state index contributed by atoms with van der Waals surface area (Å²) in [5, 5.41) is 9.94. The fraction of sp³-hybridized carbons (Fsp3) is 0.625. The van der Waals surface area contributed by atoms with Crippen LogP contribution in [0.1, 0.15) is 17.2 Å². The highest BCUT2D eigenvalue weighted by Gasteiger charge is 2.42. The van der Waals surface area contributed by atoms with Gasteiger partial charge in [-0.1, -0.05) is 12.8 Å². The number of thiol groups is 1. The minimum atomic E-state index is -0.930. The Morgan fingerprint density at radius 3 is 2.46 bits per heavy atom. The first-order valence-electron chi connectivity index (χ1n) is 4.10. The van der Waals surface area contributed by atoms with Crippen molar-refractivity contribution in [1.29, 1.82) is 0 Å². The molecule has 0 radical (unpaired) electrons. The third-order valence-electron chi connectivity index (χ3n) is 2.41. The Balaban J connectivity index is 2.46. The van der Waals surface area contributed by atoms with Crippen molar-refractivity contribution in [2.75, 3.05) is 13.2 Å². The van der Waals surface area contributed by atoms with E-state index in [1.165, 1.54) is 0 Å². The van der Waals surface area contributed by atoms with E-state index < -0.39 is 5.60 Å². The van der Waals surface area contributed by atoms with Gasteiger partial charge in [0.15, 0.2) is 11.4 Å². The third-order valence-corrected chi connectivity index (χ3v) is 2.90. The average molecular weight is 200 g/mol. The molecule has 1 aliphatic heterocycles. The first-order valence-corrected chi connectivity index (χ1v) is 4.50. The molecule has 2 rings (SSSR count). The van der Waals surface area contributed by atoms with Gasteiger partial charge in [-0.05, 0) is 13.8 Å². The number of hydrogen-bond donors (Lipinski definition) is 2. The van der Waals surface area contributed by atoms with Crippen LogP contribution >= 0.6 is 12.8 Å². The van der Waals surface area contributed by atoms with Gasteiger partial charge in [0.05, 0.1) is 18.9 Å². The van der Waals surface area contributed by atoms with Gasteiger partial charge in [0, 0.05) is 5.69 Å². The van der Waals surface area contributed by atoms with Crippen molar-refractivity contribution in [3.8, 4) is 0 Å². The van der Waals surface area contributed by atoms with Crippen LogP contribution in [-0.2, 0) is 10.3 Å². The molecule has 13 heavy (non-hydrogen) atoms. The fourth-order valence-corrected chi connectivity index (χ4v) is 1.70. The molecular formula is C8H12N2O2S. The van der Waals surface area contributed by atoms with Crippen LogP contribution in [0.2, 0.25) is 0 Å². The fourth-order valence-electron chi connectivity index (χ4n) is 1.32. The smallest absolute Gasteiger partial charge is 0.169 e. The molecule has 0 atom stereocenters. The monoisotopic (exact) mass is 200 g/mol. The molecule has 1 N–H and O–H groups in total. The van der Waals surface area contributed by atoms with Crippen molar-refractivity contribution >= 4 is 12.8 Å². The second kappa shape index (κ2) is 2.73. The molecule has 1 aliphatic rings. The zero-order chi connectivity index (χ0) is 9.64. The van der Waals surface area contributed by atoms with Crippen molar-refractivity contribution in [1.82, 2.24) is 8.96 Å². The average Bonchev–Trinajstić information content (AvgIpc) is 2.29. The third kappa shape index (κ3) is 1.19. The van der Waals surface area contributed by atoms with Crippen LogP contribution < -0.4 is 0 Å². The van der Waals surface area contributed by atoms with Crippen LogP contribution in [0, 0.1) is 13.8 Å². The number of rotatable bonds is 1. The molecule has 0 spiro atoms. The highest BCUT2D eigenvalue weighted by Crippen LogP contribution is 2.30. The van der Waals surface area contributed by atoms with E-state index in [9.17, 15) is 5.11 Å². The number of nitrogens with zero attached hydrogens (tertiary/aromatic N) is 2. The maximum atomic E-state index is 9.94. The molecule has 0 unspecified atom stereocenters. The number of aliphatic hydroxyl groups is 1. The SMILES string of the molecule is Cc1nc(C2(O)COC2)n(S)c1C. The molecule has 0 amide bonds. The lowest BCUT2D eigenvalue weighted by Gasteiger charge is -2.35. The maximum Gasteiger partial charge on any atom is 0.169 e. The van der Waals surface area contributed by atoms with Gasteiger partial charge in [-0.2, -0.15) is 0 Å². The number of hydrogen-bond acceptors (Lipinski definition) is 4. The van der Waals surface area contributed by atoms with E-state index in [1.54, 1.807) is 3.97 Å². The van der Waals surface area contributed by atoms with Gasteiger partial charge in [0.2, 0.25) is 0 Å². The van der Waals surface area contributed by atoms with Crippen LogP contribution in [0.3, 0.4) is 0 Å². The van der Waals surface area contributed by atoms with E-state index in [0.29, 0.717) is 19.0 Å². The Kier molecular flexibility index (Phi) is 1.90. The molecule has 1 aromatic heterocycles. The second-order valence-electron chi connectivity index (χ2n) is 3.44. The Hall–Kier alpha value is -0.520. The summed E-state index contributed by atoms with van der Waals surface area (Å²) in [6, 6.07) is 0. The first kappa shape index (κ1) is 9.05. The van der Waals surface area contributed by atoms with E-state index in [4.69, 9.17) is 4.74 Å². The summed E-state index contributed by atoms with van der Waals surface area (Å²) in [6.45, 7) is 4.43. The van der Waals surface area contributed by atoms with Gasteiger partial charge in [0.1, 0.15) is 0 Å². The van der Waals surface area contributed by atoms with Crippen molar-refractivity contribution in [3.05, 3.63) is 17.2 Å². The Bertz CT molecular complexity index is 344. The molecular weight excluding hydrogens is 188 g/mol. The van der Waals surface area contributed by atoms with Gasteiger partial charge >= 0.3 is 0 Å². The largest absolute Gasteiger partial charge is 0.377 e. The normalized spacial score (nSPS) is 20.0. The second-order valence-corrected chi connectivity index (χ2v) is 3.84. The van der Waals surface area contributed by atoms with Crippen molar-refractivity contribution in [2.45, 2.75) is 19.4 Å². The summed E-state index contributed by atoms with van der Waals surface area (Å²) in [4.78, 5) is 4.26. The van der Waals surface area contributed by atoms with Crippen LogP contribution in [0.25, 0.3) is 0 Å². The van der Waals surface area contributed by atoms with Gasteiger partial charge < -0.3 is 9.84 Å². The van der Waals surface area contributed by atoms with Crippen molar-refractivity contribution in [2.24, 2.45) is 0 Å². The Morgan fingerprint density at radius 2 is 2.15 bits per heavy atom. The van der Waals surface area contributed by atoms with Crippen LogP contribution in [-0.4, -0.2) is 27.3 Å². The summed E-state index contributed by atoms with van der Waals surface area (Å²) in [5.41, 5.74) is 0.921. The molecule has 1 aromatic rings. The number of aryl methyl sites for hydroxylation is 1. The highest BCUT2D eigenvalue weighted by molar-refractivity contribution is 7.78. The minimum Gasteiger partial charge on any atom is -0.377 e. The number of aromatic nitrogens is 2. The van der Waals surface area contributed by atoms with E-state index >= 15 is 0 Å². The molecule has 72 valence electrons. The van der Waals surface area contributed by atoms with E-state index in [0.717, 1.165) is 11.4 Å². The zero-order valence-electron chi connectivity index (χ0n) is 7.61. The van der Waals surface area contributed by atoms with Crippen LogP contribution in [0.5, 0.6) is 0 Å². The topological polar surface area (TPSA) is 47.3 Å². The summed E-state index contributed by atoms with van der Waals surface area (Å²) in [5.74, 6) is 0.581. The van der Waals surface area contributed by atoms with Crippen molar-refractivity contribution < 1.29 is 9.84 Å². The van der Waals surface area contributed by atoms with Crippen LogP contribution in [0.4, 0.5) is 0 Å². The molecule has 5 heteroatoms. The predicted octanol–water partition coefficient (Wildman–Crippen LogP) is 0.411. The minimum absolute atomic E-state index is 0.309. The molecule has 0 bridgehead atoms. The molecule has 0 aromatic carbocycles. The molecule has 1 fully saturated rings. The van der Waals surface area contributed by atoms with Gasteiger partial charge in [0.25, 0.3) is 0 Å². The van der Waals surface area contributed by atoms with Crippen molar-refractivity contribution in [3.63, 3.8) is 0 Å². The lowest BCUT2D eigenvalue weighted by atomic mass is 10.0. The number of imidazole rings is 1. The quantitative estimate of drug-likeness (QED) is 0.645. The van der Waals surface area contributed by atoms with E-state index in [1.807, 2.05) is 13.8 Å². The highest BCUT2D eigenvalue weighted by atomic mass is 32.1. The molecule has 2 heterocycles. The molecule has 4 nitrogen and oxygen atoms in total. The summed E-state index contributed by atoms with van der Waals surface area (Å²) < 4.78 is 6.58. The van der Waals surface area contributed by atoms with E-state index in [-0.39, 0.29) is 0 Å². The van der Waals surface area contributed by atoms with Crippen LogP contribution in [0.15, 0.2) is 0 Å². The van der Waals surface area contributed by atoms with E-state index in [2.05, 4.69) is 17.8 Å². The lowest BCUT2D eigenvalue weighted by molar-refractivity contribution is -0.189. The molecule has 0 saturated carbocycles. The maximum absolute atomic E-state index is 9.94. The standard InChI is InChI=1S/C8H12N2O2S/c1-5-6(2)10(13)7(9-5)8(11)3-12-4-8/h11,13H,3-4H2,1-2H3. The first-order chi connectivity index (χ1) is 6.04. The Morgan fingerprint density at radius 1 is 1.54 bits per heavy atom. The lowest BCUT2D eigenvalue weighted by Crippen LogP contribution is -2.48. The molecule has 1 saturated heterocycles. The molecule has 0 aliphatic carbocycles. The Labute approximate surface area is 82.1 Å². The summed E-state index contributed by atoms with van der Waals surface area (Å²) in [7, 11) is 0. The number of ether oxygens (including phenoxy) is 1. The van der Waals surface area contributed by atoms with Gasteiger partial charge in [-0.3, -0.25) is 3.97 Å². The van der Waals surface area contributed by atoms with Gasteiger partial charge in [-0.25, -0.2) is 4.98 Å². The predicted molar refractivity (Wildman–Crippen MR) is 50.8 cm³/mol. The summed E-state index contributed by atoms with van der Waals surface area (Å²) >= 11 is 4.25.